The highest BCUT2D eigenvalue weighted by Gasteiger charge is 2.17. The molecule has 102 valence electrons. The summed E-state index contributed by atoms with van der Waals surface area (Å²) in [6.45, 7) is 4.87. The molecule has 1 heterocycles. The zero-order chi connectivity index (χ0) is 13.8. The summed E-state index contributed by atoms with van der Waals surface area (Å²) in [6, 6.07) is 5.02. The second kappa shape index (κ2) is 5.73. The van der Waals surface area contributed by atoms with Gasteiger partial charge in [0.15, 0.2) is 6.61 Å². The van der Waals surface area contributed by atoms with Crippen molar-refractivity contribution in [2.45, 2.75) is 20.3 Å². The molecule has 0 radical (unpaired) electrons. The highest BCUT2D eigenvalue weighted by atomic mass is 16.5. The van der Waals surface area contributed by atoms with Gasteiger partial charge in [-0.1, -0.05) is 13.8 Å². The molecule has 2 rings (SSSR count). The highest BCUT2D eigenvalue weighted by molar-refractivity contribution is 5.98. The lowest BCUT2D eigenvalue weighted by Gasteiger charge is -2.18. The molecule has 0 unspecified atom stereocenters. The fraction of sp³-hybridized carbons (Fsp3) is 0.429. The van der Waals surface area contributed by atoms with E-state index in [4.69, 9.17) is 4.74 Å². The molecule has 5 heteroatoms. The van der Waals surface area contributed by atoms with Crippen molar-refractivity contribution < 1.29 is 14.3 Å². The van der Waals surface area contributed by atoms with Crippen molar-refractivity contribution in [2.75, 3.05) is 18.5 Å². The number of amides is 2. The molecule has 1 aromatic rings. The number of fused-ring (bicyclic) bond motifs is 1. The number of rotatable bonds is 4. The summed E-state index contributed by atoms with van der Waals surface area (Å²) in [6.07, 6.45) is 0.948. The van der Waals surface area contributed by atoms with Gasteiger partial charge in [-0.25, -0.2) is 0 Å². The number of anilines is 1. The van der Waals surface area contributed by atoms with E-state index in [-0.39, 0.29) is 18.4 Å². The number of nitrogens with one attached hydrogen (secondary N) is 2. The number of ether oxygens (including phenoxy) is 1. The molecule has 1 aliphatic heterocycles. The smallest absolute Gasteiger partial charge is 0.262 e. The number of hydrogen-bond donors (Lipinski definition) is 2. The maximum Gasteiger partial charge on any atom is 0.262 e. The van der Waals surface area contributed by atoms with Gasteiger partial charge in [-0.05, 0) is 30.5 Å². The van der Waals surface area contributed by atoms with Gasteiger partial charge in [-0.2, -0.15) is 0 Å². The van der Waals surface area contributed by atoms with Gasteiger partial charge < -0.3 is 15.4 Å². The molecule has 0 spiro atoms. The van der Waals surface area contributed by atoms with Crippen LogP contribution in [0, 0.1) is 5.92 Å². The summed E-state index contributed by atoms with van der Waals surface area (Å²) in [5.41, 5.74) is 1.15. The molecule has 0 aromatic heterocycles. The van der Waals surface area contributed by atoms with Crippen molar-refractivity contribution in [3.8, 4) is 5.75 Å². The average molecular weight is 262 g/mol. The first-order valence-electron chi connectivity index (χ1n) is 6.41. The molecular weight excluding hydrogens is 244 g/mol. The molecule has 0 aliphatic carbocycles. The van der Waals surface area contributed by atoms with Gasteiger partial charge in [-0.3, -0.25) is 9.59 Å². The van der Waals surface area contributed by atoms with E-state index in [0.717, 1.165) is 6.42 Å². The van der Waals surface area contributed by atoms with Crippen LogP contribution in [0.15, 0.2) is 18.2 Å². The Morgan fingerprint density at radius 1 is 1.47 bits per heavy atom. The van der Waals surface area contributed by atoms with E-state index in [1.807, 2.05) is 0 Å². The summed E-state index contributed by atoms with van der Waals surface area (Å²) >= 11 is 0. The van der Waals surface area contributed by atoms with Crippen LogP contribution in [0.3, 0.4) is 0 Å². The third kappa shape index (κ3) is 3.47. The fourth-order valence-electron chi connectivity index (χ4n) is 1.79. The van der Waals surface area contributed by atoms with Crippen LogP contribution in [0.5, 0.6) is 5.75 Å². The second-order valence-corrected chi connectivity index (χ2v) is 4.99. The number of hydrogen-bond acceptors (Lipinski definition) is 3. The van der Waals surface area contributed by atoms with Crippen molar-refractivity contribution in [1.29, 1.82) is 0 Å². The van der Waals surface area contributed by atoms with Crippen molar-refractivity contribution >= 4 is 17.5 Å². The summed E-state index contributed by atoms with van der Waals surface area (Å²) in [5.74, 6) is 0.795. The Morgan fingerprint density at radius 2 is 2.26 bits per heavy atom. The topological polar surface area (TPSA) is 67.4 Å². The summed E-state index contributed by atoms with van der Waals surface area (Å²) < 4.78 is 5.28. The van der Waals surface area contributed by atoms with Crippen LogP contribution < -0.4 is 15.4 Å². The van der Waals surface area contributed by atoms with Gasteiger partial charge in [-0.15, -0.1) is 0 Å². The molecule has 0 fully saturated rings. The third-order valence-electron chi connectivity index (χ3n) is 2.88. The second-order valence-electron chi connectivity index (χ2n) is 4.99. The van der Waals surface area contributed by atoms with E-state index < -0.39 is 0 Å². The molecule has 5 nitrogen and oxygen atoms in total. The van der Waals surface area contributed by atoms with Gasteiger partial charge in [0.25, 0.3) is 11.8 Å². The van der Waals surface area contributed by atoms with Crippen molar-refractivity contribution in [1.82, 2.24) is 5.32 Å². The molecular formula is C14H18N2O3. The molecule has 0 saturated carbocycles. The minimum atomic E-state index is -0.179. The third-order valence-corrected chi connectivity index (χ3v) is 2.88. The molecule has 0 atom stereocenters. The monoisotopic (exact) mass is 262 g/mol. The quantitative estimate of drug-likeness (QED) is 0.869. The highest BCUT2D eigenvalue weighted by Crippen LogP contribution is 2.28. The van der Waals surface area contributed by atoms with Crippen LogP contribution in [-0.2, 0) is 4.79 Å². The lowest BCUT2D eigenvalue weighted by Crippen LogP contribution is -2.27. The molecule has 1 aliphatic rings. The zero-order valence-corrected chi connectivity index (χ0v) is 11.2. The Labute approximate surface area is 112 Å². The van der Waals surface area contributed by atoms with Crippen LogP contribution in [0.1, 0.15) is 30.6 Å². The minimum absolute atomic E-state index is 0.00851. The van der Waals surface area contributed by atoms with Crippen LogP contribution in [0.2, 0.25) is 0 Å². The van der Waals surface area contributed by atoms with E-state index in [2.05, 4.69) is 24.5 Å². The zero-order valence-electron chi connectivity index (χ0n) is 11.2. The normalized spacial score (nSPS) is 13.5. The van der Waals surface area contributed by atoms with E-state index in [0.29, 0.717) is 29.5 Å². The first kappa shape index (κ1) is 13.4. The van der Waals surface area contributed by atoms with Crippen molar-refractivity contribution in [3.05, 3.63) is 23.8 Å². The predicted molar refractivity (Wildman–Crippen MR) is 72.4 cm³/mol. The van der Waals surface area contributed by atoms with Gasteiger partial charge >= 0.3 is 0 Å². The van der Waals surface area contributed by atoms with Crippen LogP contribution in [0.4, 0.5) is 5.69 Å². The standard InChI is InChI=1S/C14H18N2O3/c1-9(2)5-6-15-14(18)10-3-4-11-12(7-10)19-8-13(17)16-11/h3-4,7,9H,5-6,8H2,1-2H3,(H,15,18)(H,16,17). The van der Waals surface area contributed by atoms with Crippen LogP contribution in [-0.4, -0.2) is 25.0 Å². The summed E-state index contributed by atoms with van der Waals surface area (Å²) in [5, 5.41) is 5.55. The van der Waals surface area contributed by atoms with Gasteiger partial charge in [0.05, 0.1) is 5.69 Å². The Balaban J connectivity index is 2.01. The molecule has 1 aromatic carbocycles. The predicted octanol–water partition coefficient (Wildman–Crippen LogP) is 1.79. The maximum atomic E-state index is 11.9. The minimum Gasteiger partial charge on any atom is -0.482 e. The Kier molecular flexibility index (Phi) is 4.04. The largest absolute Gasteiger partial charge is 0.482 e. The van der Waals surface area contributed by atoms with E-state index >= 15 is 0 Å². The lowest BCUT2D eigenvalue weighted by atomic mass is 10.1. The van der Waals surface area contributed by atoms with E-state index in [1.165, 1.54) is 0 Å². The Bertz CT molecular complexity index is 497. The molecule has 2 amide bonds. The van der Waals surface area contributed by atoms with Gasteiger partial charge in [0, 0.05) is 12.1 Å². The first-order chi connectivity index (χ1) is 9.06. The van der Waals surface area contributed by atoms with Gasteiger partial charge in [0.1, 0.15) is 5.75 Å². The van der Waals surface area contributed by atoms with Crippen molar-refractivity contribution in [2.24, 2.45) is 5.92 Å². The lowest BCUT2D eigenvalue weighted by molar-refractivity contribution is -0.118. The summed E-state index contributed by atoms with van der Waals surface area (Å²) in [4.78, 5) is 23.1. The van der Waals surface area contributed by atoms with Crippen LogP contribution in [0.25, 0.3) is 0 Å². The van der Waals surface area contributed by atoms with E-state index in [1.54, 1.807) is 18.2 Å². The number of carbonyl (C=O) groups excluding carboxylic acids is 2. The Hall–Kier alpha value is -2.04. The summed E-state index contributed by atoms with van der Waals surface area (Å²) in [7, 11) is 0. The SMILES string of the molecule is CC(C)CCNC(=O)c1ccc2c(c1)OCC(=O)N2. The number of benzene rings is 1. The average Bonchev–Trinajstić information content (AvgIpc) is 2.37. The maximum absolute atomic E-state index is 11.9. The number of carbonyl (C=O) groups is 2. The van der Waals surface area contributed by atoms with E-state index in [9.17, 15) is 9.59 Å². The molecule has 2 N–H and O–H groups in total. The van der Waals surface area contributed by atoms with Crippen LogP contribution >= 0.6 is 0 Å². The molecule has 0 saturated heterocycles. The van der Waals surface area contributed by atoms with Gasteiger partial charge in [0.2, 0.25) is 0 Å². The molecule has 0 bridgehead atoms. The Morgan fingerprint density at radius 3 is 3.00 bits per heavy atom. The van der Waals surface area contributed by atoms with Crippen molar-refractivity contribution in [3.63, 3.8) is 0 Å². The first-order valence-corrected chi connectivity index (χ1v) is 6.41. The molecule has 19 heavy (non-hydrogen) atoms. The fourth-order valence-corrected chi connectivity index (χ4v) is 1.79.